The predicted octanol–water partition coefficient (Wildman–Crippen LogP) is 3.56. The van der Waals surface area contributed by atoms with Crippen LogP contribution in [0.4, 0.5) is 5.69 Å². The number of carbonyl (C=O) groups is 3. The summed E-state index contributed by atoms with van der Waals surface area (Å²) in [5.74, 6) is -0.938. The van der Waals surface area contributed by atoms with Crippen molar-refractivity contribution in [2.24, 2.45) is 0 Å². The molecule has 1 aliphatic rings. The molecule has 28 heavy (non-hydrogen) atoms. The molecular formula is C20H25ClN2O4S. The molecule has 1 aliphatic carbocycles. The molecule has 2 rings (SSSR count). The zero-order valence-electron chi connectivity index (χ0n) is 15.7. The van der Waals surface area contributed by atoms with E-state index in [4.69, 9.17) is 16.3 Å². The Kier molecular flexibility index (Phi) is 9.93. The van der Waals surface area contributed by atoms with E-state index in [1.807, 2.05) is 0 Å². The second-order valence-corrected chi connectivity index (χ2v) is 7.84. The summed E-state index contributed by atoms with van der Waals surface area (Å²) < 4.78 is 4.93. The first-order chi connectivity index (χ1) is 13.5. The molecule has 0 spiro atoms. The molecule has 0 saturated heterocycles. The van der Waals surface area contributed by atoms with Crippen LogP contribution in [-0.4, -0.2) is 42.4 Å². The fourth-order valence-corrected chi connectivity index (χ4v) is 3.43. The van der Waals surface area contributed by atoms with Crippen molar-refractivity contribution in [1.82, 2.24) is 5.32 Å². The zero-order chi connectivity index (χ0) is 20.2. The Hall–Kier alpha value is -1.99. The number of carbonyl (C=O) groups excluding carboxylic acids is 3. The minimum Gasteiger partial charge on any atom is -0.455 e. The van der Waals surface area contributed by atoms with Crippen LogP contribution in [0, 0.1) is 0 Å². The van der Waals surface area contributed by atoms with Crippen LogP contribution in [0.3, 0.4) is 0 Å². The number of nitrogens with one attached hydrogen (secondary N) is 2. The number of allylic oxidation sites excluding steroid dienone is 1. The second-order valence-electron chi connectivity index (χ2n) is 6.42. The Morgan fingerprint density at radius 1 is 1.07 bits per heavy atom. The highest BCUT2D eigenvalue weighted by Gasteiger charge is 2.10. The summed E-state index contributed by atoms with van der Waals surface area (Å²) in [4.78, 5) is 35.2. The lowest BCUT2D eigenvalue weighted by Gasteiger charge is -2.13. The van der Waals surface area contributed by atoms with E-state index in [2.05, 4.69) is 16.7 Å². The fourth-order valence-electron chi connectivity index (χ4n) is 2.69. The maximum atomic E-state index is 11.8. The van der Waals surface area contributed by atoms with E-state index < -0.39 is 5.97 Å². The van der Waals surface area contributed by atoms with Crippen molar-refractivity contribution < 1.29 is 19.1 Å². The molecule has 0 aromatic heterocycles. The van der Waals surface area contributed by atoms with Crippen molar-refractivity contribution in [2.75, 3.05) is 30.0 Å². The van der Waals surface area contributed by atoms with Gasteiger partial charge in [-0.2, -0.15) is 0 Å². The van der Waals surface area contributed by atoms with Crippen LogP contribution in [0.25, 0.3) is 0 Å². The molecule has 0 bridgehead atoms. The summed E-state index contributed by atoms with van der Waals surface area (Å²) in [6, 6.07) is 6.75. The molecule has 1 aromatic rings. The smallest absolute Gasteiger partial charge is 0.316 e. The van der Waals surface area contributed by atoms with Gasteiger partial charge in [0.2, 0.25) is 5.91 Å². The van der Waals surface area contributed by atoms with Crippen LogP contribution < -0.4 is 10.6 Å². The van der Waals surface area contributed by atoms with Crippen LogP contribution >= 0.6 is 23.4 Å². The van der Waals surface area contributed by atoms with E-state index in [-0.39, 0.29) is 29.9 Å². The Morgan fingerprint density at radius 2 is 1.86 bits per heavy atom. The number of halogens is 1. The van der Waals surface area contributed by atoms with Gasteiger partial charge in [-0.05, 0) is 56.4 Å². The topological polar surface area (TPSA) is 84.5 Å². The Bertz CT molecular complexity index is 707. The number of anilines is 1. The van der Waals surface area contributed by atoms with Crippen LogP contribution in [0.1, 0.15) is 32.1 Å². The van der Waals surface area contributed by atoms with Crippen LogP contribution in [0.2, 0.25) is 5.02 Å². The lowest BCUT2D eigenvalue weighted by Crippen LogP contribution is -2.30. The molecule has 0 unspecified atom stereocenters. The van der Waals surface area contributed by atoms with Gasteiger partial charge in [0.05, 0.1) is 11.5 Å². The molecule has 152 valence electrons. The number of hydrogen-bond donors (Lipinski definition) is 2. The number of esters is 1. The average molecular weight is 425 g/mol. The third-order valence-electron chi connectivity index (χ3n) is 4.10. The van der Waals surface area contributed by atoms with Crippen molar-refractivity contribution in [3.05, 3.63) is 40.9 Å². The quantitative estimate of drug-likeness (QED) is 0.443. The summed E-state index contributed by atoms with van der Waals surface area (Å²) in [5.41, 5.74) is 2.02. The van der Waals surface area contributed by atoms with Crippen LogP contribution in [-0.2, 0) is 19.1 Å². The van der Waals surface area contributed by atoms with Gasteiger partial charge in [-0.1, -0.05) is 23.3 Å². The molecule has 2 N–H and O–H groups in total. The van der Waals surface area contributed by atoms with Gasteiger partial charge in [-0.3, -0.25) is 14.4 Å². The predicted molar refractivity (Wildman–Crippen MR) is 113 cm³/mol. The standard InChI is InChI=1S/C20H25ClN2O4S/c21-16-6-8-17(9-7-16)23-19(25)13-28-14-20(26)27-12-18(24)22-11-10-15-4-2-1-3-5-15/h4,6-9H,1-3,5,10-14H2,(H,22,24)(H,23,25). The number of hydrogen-bond acceptors (Lipinski definition) is 5. The molecule has 0 saturated carbocycles. The van der Waals surface area contributed by atoms with Gasteiger partial charge in [-0.25, -0.2) is 0 Å². The second kappa shape index (κ2) is 12.5. The highest BCUT2D eigenvalue weighted by atomic mass is 35.5. The number of ether oxygens (including phenoxy) is 1. The first-order valence-electron chi connectivity index (χ1n) is 9.26. The molecule has 0 atom stereocenters. The van der Waals surface area contributed by atoms with Gasteiger partial charge in [0.25, 0.3) is 5.91 Å². The SMILES string of the molecule is O=C(COC(=O)CSCC(=O)Nc1ccc(Cl)cc1)NCCC1=CCCCC1. The molecular weight excluding hydrogens is 400 g/mol. The first-order valence-corrected chi connectivity index (χ1v) is 10.8. The normalized spacial score (nSPS) is 13.4. The number of rotatable bonds is 10. The largest absolute Gasteiger partial charge is 0.455 e. The van der Waals surface area contributed by atoms with E-state index in [1.54, 1.807) is 24.3 Å². The van der Waals surface area contributed by atoms with Crippen molar-refractivity contribution in [3.63, 3.8) is 0 Å². The monoisotopic (exact) mass is 424 g/mol. The lowest BCUT2D eigenvalue weighted by atomic mass is 9.97. The van der Waals surface area contributed by atoms with Crippen LogP contribution in [0.5, 0.6) is 0 Å². The highest BCUT2D eigenvalue weighted by molar-refractivity contribution is 8.00. The molecule has 0 heterocycles. The van der Waals surface area contributed by atoms with E-state index in [1.165, 1.54) is 18.4 Å². The molecule has 0 radical (unpaired) electrons. The minimum atomic E-state index is -0.519. The molecule has 0 fully saturated rings. The summed E-state index contributed by atoms with van der Waals surface area (Å²) in [5, 5.41) is 6.05. The van der Waals surface area contributed by atoms with E-state index in [0.717, 1.165) is 31.0 Å². The molecule has 1 aromatic carbocycles. The summed E-state index contributed by atoms with van der Waals surface area (Å²) in [6.07, 6.45) is 7.78. The number of amides is 2. The van der Waals surface area contributed by atoms with Crippen molar-refractivity contribution in [2.45, 2.75) is 32.1 Å². The minimum absolute atomic E-state index is 0.00814. The lowest BCUT2D eigenvalue weighted by molar-refractivity contribution is -0.145. The van der Waals surface area contributed by atoms with Gasteiger partial charge in [-0.15, -0.1) is 11.8 Å². The van der Waals surface area contributed by atoms with Gasteiger partial charge >= 0.3 is 5.97 Å². The molecule has 0 aliphatic heterocycles. The van der Waals surface area contributed by atoms with Gasteiger partial charge in [0.1, 0.15) is 0 Å². The fraction of sp³-hybridized carbons (Fsp3) is 0.450. The van der Waals surface area contributed by atoms with Gasteiger partial charge in [0, 0.05) is 17.3 Å². The maximum absolute atomic E-state index is 11.8. The zero-order valence-corrected chi connectivity index (χ0v) is 17.2. The number of thioether (sulfide) groups is 1. The average Bonchev–Trinajstić information content (AvgIpc) is 2.69. The Morgan fingerprint density at radius 3 is 2.57 bits per heavy atom. The van der Waals surface area contributed by atoms with E-state index >= 15 is 0 Å². The van der Waals surface area contributed by atoms with Crippen molar-refractivity contribution in [3.8, 4) is 0 Å². The summed E-state index contributed by atoms with van der Waals surface area (Å²) in [6.45, 7) is 0.261. The molecule has 8 heteroatoms. The highest BCUT2D eigenvalue weighted by Crippen LogP contribution is 2.19. The third-order valence-corrected chi connectivity index (χ3v) is 5.26. The number of benzene rings is 1. The van der Waals surface area contributed by atoms with Gasteiger partial charge < -0.3 is 15.4 Å². The van der Waals surface area contributed by atoms with Gasteiger partial charge in [0.15, 0.2) is 6.61 Å². The molecule has 6 nitrogen and oxygen atoms in total. The summed E-state index contributed by atoms with van der Waals surface area (Å²) in [7, 11) is 0. The maximum Gasteiger partial charge on any atom is 0.316 e. The molecule has 2 amide bonds. The van der Waals surface area contributed by atoms with Crippen molar-refractivity contribution in [1.29, 1.82) is 0 Å². The first kappa shape index (κ1) is 22.3. The van der Waals surface area contributed by atoms with Crippen LogP contribution in [0.15, 0.2) is 35.9 Å². The summed E-state index contributed by atoms with van der Waals surface area (Å²) >= 11 is 6.91. The third kappa shape index (κ3) is 9.28. The van der Waals surface area contributed by atoms with E-state index in [9.17, 15) is 14.4 Å². The van der Waals surface area contributed by atoms with E-state index in [0.29, 0.717) is 17.3 Å². The van der Waals surface area contributed by atoms with Crippen molar-refractivity contribution >= 4 is 46.8 Å². The Balaban J connectivity index is 1.51. The Labute approximate surface area is 174 Å².